The molecule has 0 N–H and O–H groups in total. The Morgan fingerprint density at radius 2 is 2.17 bits per heavy atom. The molecule has 18 heavy (non-hydrogen) atoms. The molecule has 2 rings (SSSR count). The molecule has 2 atom stereocenters. The van der Waals surface area contributed by atoms with Crippen molar-refractivity contribution < 1.29 is 9.53 Å². The minimum atomic E-state index is -1.40. The van der Waals surface area contributed by atoms with Crippen molar-refractivity contribution in [2.24, 2.45) is 0 Å². The average Bonchev–Trinajstić information content (AvgIpc) is 2.37. The van der Waals surface area contributed by atoms with Crippen molar-refractivity contribution >= 4 is 29.1 Å². The molecule has 0 fully saturated rings. The third-order valence-electron chi connectivity index (χ3n) is 3.30. The Morgan fingerprint density at radius 1 is 1.50 bits per heavy atom. The molecule has 0 radical (unpaired) electrons. The summed E-state index contributed by atoms with van der Waals surface area (Å²) in [5.74, 6) is 0.267. The Labute approximate surface area is 115 Å². The Balaban J connectivity index is 2.61. The zero-order valence-corrected chi connectivity index (χ0v) is 11.6. The summed E-state index contributed by atoms with van der Waals surface area (Å²) in [5, 5.41) is 10.8. The normalized spacial score (nSPS) is 30.2. The maximum atomic E-state index is 12.5. The number of hydrogen-bond donors (Lipinski definition) is 0. The highest BCUT2D eigenvalue weighted by Crippen LogP contribution is 2.51. The molecule has 0 saturated carbocycles. The summed E-state index contributed by atoms with van der Waals surface area (Å²) in [4.78, 5) is 12.5. The molecule has 3 nitrogen and oxygen atoms in total. The van der Waals surface area contributed by atoms with Crippen LogP contribution < -0.4 is 4.74 Å². The summed E-state index contributed by atoms with van der Waals surface area (Å²) < 4.78 is 4.48. The van der Waals surface area contributed by atoms with Gasteiger partial charge in [0.05, 0.1) is 5.56 Å². The minimum Gasteiger partial charge on any atom is -0.484 e. The number of halogens is 1. The van der Waals surface area contributed by atoms with Crippen LogP contribution in [0.1, 0.15) is 30.6 Å². The van der Waals surface area contributed by atoms with E-state index < -0.39 is 9.81 Å². The summed E-state index contributed by atoms with van der Waals surface area (Å²) in [6.45, 7) is 3.65. The van der Waals surface area contributed by atoms with Crippen LogP contribution in [-0.4, -0.2) is 15.6 Å². The molecular formula is C13H12ClNO2S. The van der Waals surface area contributed by atoms with Gasteiger partial charge in [-0.1, -0.05) is 30.7 Å². The first kappa shape index (κ1) is 13.3. The molecular weight excluding hydrogens is 270 g/mol. The summed E-state index contributed by atoms with van der Waals surface area (Å²) >= 11 is 7.18. The topological polar surface area (TPSA) is 50.1 Å². The Morgan fingerprint density at radius 3 is 2.78 bits per heavy atom. The zero-order valence-electron chi connectivity index (χ0n) is 10.1. The van der Waals surface area contributed by atoms with Crippen molar-refractivity contribution in [3.63, 3.8) is 0 Å². The van der Waals surface area contributed by atoms with Gasteiger partial charge in [0.1, 0.15) is 16.8 Å². The van der Waals surface area contributed by atoms with Crippen molar-refractivity contribution in [1.82, 2.24) is 0 Å². The van der Waals surface area contributed by atoms with Crippen LogP contribution in [0.4, 0.5) is 0 Å². The van der Waals surface area contributed by atoms with E-state index in [2.05, 4.69) is 0 Å². The molecule has 0 aliphatic carbocycles. The summed E-state index contributed by atoms with van der Waals surface area (Å²) in [7, 11) is 0. The lowest BCUT2D eigenvalue weighted by Crippen LogP contribution is -2.57. The summed E-state index contributed by atoms with van der Waals surface area (Å²) in [5.41, 5.74) is -0.471. The second-order valence-corrected chi connectivity index (χ2v) is 6.09. The van der Waals surface area contributed by atoms with Crippen molar-refractivity contribution in [3.05, 3.63) is 29.8 Å². The molecule has 1 aliphatic heterocycles. The van der Waals surface area contributed by atoms with E-state index in [1.165, 1.54) is 0 Å². The monoisotopic (exact) mass is 281 g/mol. The van der Waals surface area contributed by atoms with Crippen LogP contribution in [0.5, 0.6) is 5.75 Å². The van der Waals surface area contributed by atoms with E-state index in [-0.39, 0.29) is 5.78 Å². The number of hydrogen-bond acceptors (Lipinski definition) is 4. The van der Waals surface area contributed by atoms with Crippen molar-refractivity contribution in [2.45, 2.75) is 30.1 Å². The largest absolute Gasteiger partial charge is 0.484 e. The lowest BCUT2D eigenvalue weighted by molar-refractivity contribution is 0.0453. The molecule has 0 spiro atoms. The third kappa shape index (κ3) is 1.70. The lowest BCUT2D eigenvalue weighted by Gasteiger charge is -2.44. The molecule has 1 heterocycles. The maximum absolute atomic E-state index is 12.5. The maximum Gasteiger partial charge on any atom is 0.205 e. The fraction of sp³-hybridized carbons (Fsp3) is 0.385. The number of ketones is 1. The van der Waals surface area contributed by atoms with Gasteiger partial charge in [-0.2, -0.15) is 5.26 Å². The molecule has 94 valence electrons. The van der Waals surface area contributed by atoms with Gasteiger partial charge in [0.2, 0.25) is 9.99 Å². The number of thiocyanates is 1. The van der Waals surface area contributed by atoms with E-state index in [4.69, 9.17) is 21.6 Å². The quantitative estimate of drug-likeness (QED) is 0.614. The van der Waals surface area contributed by atoms with E-state index >= 15 is 0 Å². The zero-order chi connectivity index (χ0) is 13.4. The van der Waals surface area contributed by atoms with Crippen molar-refractivity contribution in [2.75, 3.05) is 0 Å². The van der Waals surface area contributed by atoms with Crippen LogP contribution in [0.15, 0.2) is 24.3 Å². The van der Waals surface area contributed by atoms with Gasteiger partial charge in [0.15, 0.2) is 0 Å². The van der Waals surface area contributed by atoms with Crippen LogP contribution in [-0.2, 0) is 0 Å². The Kier molecular flexibility index (Phi) is 3.31. The highest BCUT2D eigenvalue weighted by Gasteiger charge is 2.58. The molecule has 0 unspecified atom stereocenters. The van der Waals surface area contributed by atoms with E-state index in [9.17, 15) is 4.79 Å². The van der Waals surface area contributed by atoms with Crippen LogP contribution in [0.25, 0.3) is 0 Å². The minimum absolute atomic E-state index is 0.262. The predicted octanol–water partition coefficient (Wildman–Crippen LogP) is 3.58. The first-order valence-electron chi connectivity index (χ1n) is 5.57. The number of rotatable bonds is 2. The van der Waals surface area contributed by atoms with Gasteiger partial charge >= 0.3 is 0 Å². The number of Topliss-reactive ketones (excluding diaryl/α,β-unsaturated/α-hetero) is 1. The van der Waals surface area contributed by atoms with Crippen molar-refractivity contribution in [1.29, 1.82) is 5.26 Å². The van der Waals surface area contributed by atoms with Gasteiger partial charge in [0, 0.05) is 0 Å². The number of benzene rings is 1. The van der Waals surface area contributed by atoms with E-state index in [1.807, 2.05) is 12.3 Å². The number of para-hydroxylation sites is 1. The highest BCUT2D eigenvalue weighted by molar-refractivity contribution is 8.07. The van der Waals surface area contributed by atoms with Crippen molar-refractivity contribution in [3.8, 4) is 11.2 Å². The standard InChI is InChI=1S/C13H12ClNO2S/c1-3-12(2)13(14,18-8-15)11(16)9-6-4-5-7-10(9)17-12/h4-7H,3H2,1-2H3/t12-,13+/m0/s1. The van der Waals surface area contributed by atoms with Crippen LogP contribution in [0.3, 0.4) is 0 Å². The molecule has 0 amide bonds. The Bertz CT molecular complexity index is 542. The van der Waals surface area contributed by atoms with Gasteiger partial charge in [-0.25, -0.2) is 0 Å². The number of alkyl halides is 1. The average molecular weight is 282 g/mol. The number of fused-ring (bicyclic) bond motifs is 1. The molecule has 1 aromatic rings. The fourth-order valence-corrected chi connectivity index (χ4v) is 3.09. The number of carbonyl (C=O) groups excluding carboxylic acids is 1. The molecule has 0 saturated heterocycles. The predicted molar refractivity (Wildman–Crippen MR) is 71.9 cm³/mol. The van der Waals surface area contributed by atoms with E-state index in [0.29, 0.717) is 17.7 Å². The molecule has 1 aliphatic rings. The second kappa shape index (κ2) is 4.49. The molecule has 1 aromatic carbocycles. The van der Waals surface area contributed by atoms with Crippen LogP contribution in [0.2, 0.25) is 0 Å². The van der Waals surface area contributed by atoms with Crippen LogP contribution in [0, 0.1) is 10.7 Å². The fourth-order valence-electron chi connectivity index (χ4n) is 1.98. The third-order valence-corrected chi connectivity index (χ3v) is 5.09. The Hall–Kier alpha value is -1.18. The first-order chi connectivity index (χ1) is 8.48. The summed E-state index contributed by atoms with van der Waals surface area (Å²) in [6.07, 6.45) is 0.533. The van der Waals surface area contributed by atoms with E-state index in [0.717, 1.165) is 11.8 Å². The first-order valence-corrected chi connectivity index (χ1v) is 6.77. The van der Waals surface area contributed by atoms with Gasteiger partial charge in [-0.05, 0) is 37.2 Å². The second-order valence-electron chi connectivity index (χ2n) is 4.30. The molecule has 0 aromatic heterocycles. The number of ether oxygens (including phenoxy) is 1. The summed E-state index contributed by atoms with van der Waals surface area (Å²) in [6, 6.07) is 6.97. The van der Waals surface area contributed by atoms with Gasteiger partial charge in [0.25, 0.3) is 0 Å². The number of nitrogens with zero attached hydrogens (tertiary/aromatic N) is 1. The van der Waals surface area contributed by atoms with E-state index in [1.54, 1.807) is 31.2 Å². The van der Waals surface area contributed by atoms with Gasteiger partial charge < -0.3 is 4.74 Å². The van der Waals surface area contributed by atoms with Gasteiger partial charge in [-0.3, -0.25) is 4.79 Å². The number of thioether (sulfide) groups is 1. The number of nitriles is 1. The lowest BCUT2D eigenvalue weighted by atomic mass is 9.88. The van der Waals surface area contributed by atoms with Gasteiger partial charge in [-0.15, -0.1) is 0 Å². The molecule has 5 heteroatoms. The number of carbonyl (C=O) groups is 1. The SMILES string of the molecule is CC[C@]1(C)Oc2ccccc2C(=O)[C@@]1(Cl)SC#N. The molecule has 0 bridgehead atoms. The van der Waals surface area contributed by atoms with Crippen LogP contribution >= 0.6 is 23.4 Å². The highest BCUT2D eigenvalue weighted by atomic mass is 35.5. The smallest absolute Gasteiger partial charge is 0.205 e.